The van der Waals surface area contributed by atoms with Crippen molar-refractivity contribution in [2.75, 3.05) is 6.61 Å². The van der Waals surface area contributed by atoms with E-state index >= 15 is 0 Å². The van der Waals surface area contributed by atoms with Crippen LogP contribution >= 0.6 is 0 Å². The molecule has 0 bridgehead atoms. The largest absolute Gasteiger partial charge is 0.465 e. The van der Waals surface area contributed by atoms with Gasteiger partial charge in [0.25, 0.3) is 5.78 Å². The average molecular weight is 212 g/mol. The molecule has 7 heteroatoms. The maximum absolute atomic E-state index is 11.8. The number of carbonyl (C=O) groups excluding carboxylic acids is 3. The molecule has 0 saturated carbocycles. The lowest BCUT2D eigenvalue weighted by Gasteiger charge is -2.10. The number of halogens is 3. The van der Waals surface area contributed by atoms with Crippen LogP contribution in [-0.2, 0) is 19.1 Å². The van der Waals surface area contributed by atoms with E-state index < -0.39 is 23.8 Å². The number of hydrogen-bond acceptors (Lipinski definition) is 4. The van der Waals surface area contributed by atoms with Gasteiger partial charge in [-0.3, -0.25) is 9.59 Å². The Labute approximate surface area is 77.0 Å². The molecule has 0 aliphatic heterocycles. The molecule has 0 aliphatic carbocycles. The third kappa shape index (κ3) is 3.15. The zero-order valence-electron chi connectivity index (χ0n) is 7.13. The van der Waals surface area contributed by atoms with Gasteiger partial charge in [0, 0.05) is 0 Å². The minimum absolute atomic E-state index is 0.200. The Morgan fingerprint density at radius 1 is 1.43 bits per heavy atom. The average Bonchev–Trinajstić information content (AvgIpc) is 2.04. The van der Waals surface area contributed by atoms with E-state index in [1.165, 1.54) is 6.92 Å². The number of carbonyl (C=O) groups is 3. The lowest BCUT2D eigenvalue weighted by Crippen LogP contribution is -2.37. The fraction of sp³-hybridized carbons (Fsp3) is 0.571. The Hall–Kier alpha value is -1.40. The Morgan fingerprint density at radius 2 is 1.93 bits per heavy atom. The molecule has 0 spiro atoms. The highest BCUT2D eigenvalue weighted by Crippen LogP contribution is 2.20. The van der Waals surface area contributed by atoms with Crippen molar-refractivity contribution in [3.05, 3.63) is 0 Å². The first-order valence-corrected chi connectivity index (χ1v) is 3.57. The van der Waals surface area contributed by atoms with Crippen molar-refractivity contribution >= 4 is 18.0 Å². The molecule has 0 saturated heterocycles. The minimum Gasteiger partial charge on any atom is -0.465 e. The van der Waals surface area contributed by atoms with E-state index in [1.54, 1.807) is 0 Å². The standard InChI is InChI=1S/C7H7F3O4/c1-2-14-6(13)4(3-11)5(12)7(8,9)10/h3-4H,2H2,1H3. The number of ether oxygens (including phenoxy) is 1. The predicted molar refractivity (Wildman–Crippen MR) is 37.2 cm³/mol. The van der Waals surface area contributed by atoms with Gasteiger partial charge in [0.2, 0.25) is 0 Å². The molecule has 0 aromatic carbocycles. The van der Waals surface area contributed by atoms with E-state index in [0.717, 1.165) is 0 Å². The highest BCUT2D eigenvalue weighted by atomic mass is 19.4. The van der Waals surface area contributed by atoms with Gasteiger partial charge in [-0.1, -0.05) is 0 Å². The van der Waals surface area contributed by atoms with Crippen LogP contribution in [0.4, 0.5) is 13.2 Å². The SMILES string of the molecule is CCOC(=O)C(C=O)C(=O)C(F)(F)F. The summed E-state index contributed by atoms with van der Waals surface area (Å²) in [6, 6.07) is 0. The van der Waals surface area contributed by atoms with Gasteiger partial charge in [-0.05, 0) is 6.92 Å². The molecule has 0 aromatic heterocycles. The van der Waals surface area contributed by atoms with Crippen LogP contribution in [0.2, 0.25) is 0 Å². The first-order chi connectivity index (χ1) is 6.34. The summed E-state index contributed by atoms with van der Waals surface area (Å²) in [7, 11) is 0. The molecule has 0 aromatic rings. The smallest absolute Gasteiger partial charge is 0.451 e. The van der Waals surface area contributed by atoms with Gasteiger partial charge in [-0.2, -0.15) is 13.2 Å². The van der Waals surface area contributed by atoms with Crippen molar-refractivity contribution in [2.24, 2.45) is 5.92 Å². The molecule has 0 fully saturated rings. The molecular weight excluding hydrogens is 205 g/mol. The Balaban J connectivity index is 4.65. The van der Waals surface area contributed by atoms with Crippen LogP contribution in [-0.4, -0.2) is 30.8 Å². The van der Waals surface area contributed by atoms with Crippen molar-refractivity contribution in [2.45, 2.75) is 13.1 Å². The number of ketones is 1. The number of rotatable bonds is 4. The van der Waals surface area contributed by atoms with Crippen LogP contribution in [0, 0.1) is 5.92 Å². The second kappa shape index (κ2) is 4.73. The van der Waals surface area contributed by atoms with E-state index in [1.807, 2.05) is 0 Å². The summed E-state index contributed by atoms with van der Waals surface area (Å²) in [5.74, 6) is -6.30. The van der Waals surface area contributed by atoms with Crippen LogP contribution in [0.1, 0.15) is 6.92 Å². The van der Waals surface area contributed by atoms with Crippen molar-refractivity contribution in [1.29, 1.82) is 0 Å². The summed E-state index contributed by atoms with van der Waals surface area (Å²) in [5.41, 5.74) is 0. The van der Waals surface area contributed by atoms with Crippen molar-refractivity contribution in [3.8, 4) is 0 Å². The second-order valence-corrected chi connectivity index (χ2v) is 2.23. The summed E-state index contributed by atoms with van der Waals surface area (Å²) in [6.45, 7) is 1.14. The van der Waals surface area contributed by atoms with Gasteiger partial charge in [0.05, 0.1) is 6.61 Å². The molecule has 14 heavy (non-hydrogen) atoms. The Kier molecular flexibility index (Phi) is 4.26. The zero-order chi connectivity index (χ0) is 11.4. The van der Waals surface area contributed by atoms with Gasteiger partial charge in [0.15, 0.2) is 5.92 Å². The third-order valence-electron chi connectivity index (χ3n) is 1.24. The summed E-state index contributed by atoms with van der Waals surface area (Å²) < 4.78 is 39.4. The molecular formula is C7H7F3O4. The van der Waals surface area contributed by atoms with Crippen LogP contribution in [0.5, 0.6) is 0 Å². The molecule has 0 radical (unpaired) electrons. The molecule has 1 unspecified atom stereocenters. The number of aldehydes is 1. The quantitative estimate of drug-likeness (QED) is 0.386. The normalized spacial score (nSPS) is 13.1. The molecule has 1 atom stereocenters. The molecule has 4 nitrogen and oxygen atoms in total. The van der Waals surface area contributed by atoms with E-state index in [4.69, 9.17) is 0 Å². The van der Waals surface area contributed by atoms with Gasteiger partial charge < -0.3 is 9.53 Å². The van der Waals surface area contributed by atoms with E-state index in [2.05, 4.69) is 4.74 Å². The number of alkyl halides is 3. The van der Waals surface area contributed by atoms with Crippen molar-refractivity contribution in [1.82, 2.24) is 0 Å². The Morgan fingerprint density at radius 3 is 2.21 bits per heavy atom. The minimum atomic E-state index is -5.21. The number of esters is 1. The molecule has 0 heterocycles. The zero-order valence-corrected chi connectivity index (χ0v) is 7.13. The van der Waals surface area contributed by atoms with Gasteiger partial charge in [-0.25, -0.2) is 0 Å². The monoisotopic (exact) mass is 212 g/mol. The summed E-state index contributed by atoms with van der Waals surface area (Å²) >= 11 is 0. The van der Waals surface area contributed by atoms with Gasteiger partial charge in [-0.15, -0.1) is 0 Å². The lowest BCUT2D eigenvalue weighted by molar-refractivity contribution is -0.180. The maximum Gasteiger partial charge on any atom is 0.451 e. The van der Waals surface area contributed by atoms with E-state index in [0.29, 0.717) is 0 Å². The predicted octanol–water partition coefficient (Wildman–Crippen LogP) is 0.496. The van der Waals surface area contributed by atoms with Crippen LogP contribution in [0.25, 0.3) is 0 Å². The lowest BCUT2D eigenvalue weighted by atomic mass is 10.1. The van der Waals surface area contributed by atoms with Crippen LogP contribution < -0.4 is 0 Å². The fourth-order valence-corrected chi connectivity index (χ4v) is 0.633. The van der Waals surface area contributed by atoms with E-state index in [9.17, 15) is 27.6 Å². The maximum atomic E-state index is 11.8. The summed E-state index contributed by atoms with van der Waals surface area (Å²) in [4.78, 5) is 31.2. The molecule has 80 valence electrons. The first-order valence-electron chi connectivity index (χ1n) is 3.57. The number of Topliss-reactive ketones (excluding diaryl/α,β-unsaturated/α-hetero) is 1. The molecule has 0 rings (SSSR count). The highest BCUT2D eigenvalue weighted by Gasteiger charge is 2.46. The molecule has 0 N–H and O–H groups in total. The Bertz CT molecular complexity index is 246. The van der Waals surface area contributed by atoms with Crippen molar-refractivity contribution < 1.29 is 32.3 Å². The molecule has 0 amide bonds. The van der Waals surface area contributed by atoms with Crippen LogP contribution in [0.15, 0.2) is 0 Å². The summed E-state index contributed by atoms with van der Waals surface area (Å²) in [5, 5.41) is 0. The fourth-order valence-electron chi connectivity index (χ4n) is 0.633. The second-order valence-electron chi connectivity index (χ2n) is 2.23. The highest BCUT2D eigenvalue weighted by molar-refractivity contribution is 6.12. The first kappa shape index (κ1) is 12.6. The summed E-state index contributed by atoms with van der Waals surface area (Å²) in [6.07, 6.45) is -5.59. The van der Waals surface area contributed by atoms with Crippen molar-refractivity contribution in [3.63, 3.8) is 0 Å². The molecule has 0 aliphatic rings. The van der Waals surface area contributed by atoms with Gasteiger partial charge >= 0.3 is 12.1 Å². The van der Waals surface area contributed by atoms with E-state index in [-0.39, 0.29) is 12.9 Å². The number of hydrogen-bond donors (Lipinski definition) is 0. The topological polar surface area (TPSA) is 60.4 Å². The van der Waals surface area contributed by atoms with Gasteiger partial charge in [0.1, 0.15) is 6.29 Å². The van der Waals surface area contributed by atoms with Crippen LogP contribution in [0.3, 0.4) is 0 Å². The third-order valence-corrected chi connectivity index (χ3v) is 1.24.